The molecule has 2 N–H and O–H groups in total. The first-order chi connectivity index (χ1) is 15.2. The van der Waals surface area contributed by atoms with Gasteiger partial charge in [-0.05, 0) is 41.2 Å². The maximum absolute atomic E-state index is 13.2. The fourth-order valence-electron chi connectivity index (χ4n) is 4.91. The molecule has 0 radical (unpaired) electrons. The highest BCUT2D eigenvalue weighted by Gasteiger charge is 2.46. The highest BCUT2D eigenvalue weighted by Crippen LogP contribution is 2.37. The number of hydrogen-bond donors (Lipinski definition) is 2. The van der Waals surface area contributed by atoms with E-state index in [0.717, 1.165) is 29.8 Å². The molecule has 5 rings (SSSR count). The normalized spacial score (nSPS) is 22.8. The SMILES string of the molecule is COc1ccc(C2CNC3C(C2)NC(=O)N3C(c2ccccc2)c2ccccc2)cc1. The van der Waals surface area contributed by atoms with E-state index in [-0.39, 0.29) is 24.3 Å². The molecule has 3 atom stereocenters. The number of methoxy groups -OCH3 is 1. The van der Waals surface area contributed by atoms with E-state index in [0.29, 0.717) is 5.92 Å². The molecule has 0 bridgehead atoms. The summed E-state index contributed by atoms with van der Waals surface area (Å²) in [5.74, 6) is 1.21. The molecule has 2 heterocycles. The summed E-state index contributed by atoms with van der Waals surface area (Å²) < 4.78 is 5.29. The highest BCUT2D eigenvalue weighted by atomic mass is 16.5. The van der Waals surface area contributed by atoms with Gasteiger partial charge in [0.1, 0.15) is 11.9 Å². The summed E-state index contributed by atoms with van der Waals surface area (Å²) in [6.07, 6.45) is 0.857. The van der Waals surface area contributed by atoms with Gasteiger partial charge in [-0.15, -0.1) is 0 Å². The topological polar surface area (TPSA) is 53.6 Å². The molecule has 31 heavy (non-hydrogen) atoms. The van der Waals surface area contributed by atoms with Crippen LogP contribution in [0.5, 0.6) is 5.75 Å². The quantitative estimate of drug-likeness (QED) is 0.656. The lowest BCUT2D eigenvalue weighted by molar-refractivity contribution is 0.152. The van der Waals surface area contributed by atoms with Crippen LogP contribution >= 0.6 is 0 Å². The van der Waals surface area contributed by atoms with Crippen molar-refractivity contribution in [2.24, 2.45) is 0 Å². The average molecular weight is 414 g/mol. The third-order valence-corrected chi connectivity index (χ3v) is 6.43. The lowest BCUT2D eigenvalue weighted by Crippen LogP contribution is -2.54. The number of amides is 2. The summed E-state index contributed by atoms with van der Waals surface area (Å²) in [4.78, 5) is 15.2. The number of carbonyl (C=O) groups is 1. The van der Waals surface area contributed by atoms with Gasteiger partial charge in [-0.1, -0.05) is 72.8 Å². The molecule has 2 amide bonds. The van der Waals surface area contributed by atoms with Gasteiger partial charge in [0, 0.05) is 6.54 Å². The van der Waals surface area contributed by atoms with Crippen molar-refractivity contribution in [1.29, 1.82) is 0 Å². The highest BCUT2D eigenvalue weighted by molar-refractivity contribution is 5.79. The molecule has 3 aromatic carbocycles. The van der Waals surface area contributed by atoms with Gasteiger partial charge in [-0.25, -0.2) is 4.79 Å². The summed E-state index contributed by atoms with van der Waals surface area (Å²) in [5, 5.41) is 6.92. The third-order valence-electron chi connectivity index (χ3n) is 6.43. The van der Waals surface area contributed by atoms with Gasteiger partial charge in [-0.3, -0.25) is 10.2 Å². The maximum atomic E-state index is 13.2. The van der Waals surface area contributed by atoms with Crippen LogP contribution < -0.4 is 15.4 Å². The predicted octanol–water partition coefficient (Wildman–Crippen LogP) is 4.28. The van der Waals surface area contributed by atoms with Crippen LogP contribution in [-0.2, 0) is 0 Å². The van der Waals surface area contributed by atoms with Crippen LogP contribution in [0, 0.1) is 0 Å². The minimum atomic E-state index is -0.137. The van der Waals surface area contributed by atoms with Crippen LogP contribution in [0.1, 0.15) is 35.1 Å². The van der Waals surface area contributed by atoms with Crippen molar-refractivity contribution in [3.8, 4) is 5.75 Å². The summed E-state index contributed by atoms with van der Waals surface area (Å²) in [5.41, 5.74) is 3.49. The van der Waals surface area contributed by atoms with Crippen LogP contribution in [-0.4, -0.2) is 36.8 Å². The molecule has 3 aromatic rings. The van der Waals surface area contributed by atoms with Gasteiger partial charge in [0.25, 0.3) is 0 Å². The number of benzene rings is 3. The Morgan fingerprint density at radius 1 is 0.903 bits per heavy atom. The Morgan fingerprint density at radius 3 is 2.10 bits per heavy atom. The third kappa shape index (κ3) is 3.77. The van der Waals surface area contributed by atoms with E-state index in [1.165, 1.54) is 5.56 Å². The molecule has 2 saturated heterocycles. The van der Waals surface area contributed by atoms with E-state index in [2.05, 4.69) is 47.0 Å². The molecule has 158 valence electrons. The van der Waals surface area contributed by atoms with Crippen LogP contribution in [0.25, 0.3) is 0 Å². The Morgan fingerprint density at radius 2 is 1.52 bits per heavy atom. The molecule has 5 nitrogen and oxygen atoms in total. The number of urea groups is 1. The van der Waals surface area contributed by atoms with E-state index in [9.17, 15) is 4.79 Å². The lowest BCUT2D eigenvalue weighted by atomic mass is 9.87. The van der Waals surface area contributed by atoms with Gasteiger partial charge < -0.3 is 10.1 Å². The van der Waals surface area contributed by atoms with Gasteiger partial charge in [0.15, 0.2) is 0 Å². The molecule has 5 heteroatoms. The molecule has 3 unspecified atom stereocenters. The maximum Gasteiger partial charge on any atom is 0.319 e. The largest absolute Gasteiger partial charge is 0.497 e. The first-order valence-corrected chi connectivity index (χ1v) is 10.8. The fourth-order valence-corrected chi connectivity index (χ4v) is 4.91. The molecule has 0 aliphatic carbocycles. The zero-order chi connectivity index (χ0) is 21.2. The molecule has 2 fully saturated rings. The Bertz CT molecular complexity index is 984. The number of carbonyl (C=O) groups excluding carboxylic acids is 1. The van der Waals surface area contributed by atoms with E-state index in [1.54, 1.807) is 7.11 Å². The Balaban J connectivity index is 1.42. The van der Waals surface area contributed by atoms with Crippen LogP contribution in [0.2, 0.25) is 0 Å². The van der Waals surface area contributed by atoms with Crippen molar-refractivity contribution < 1.29 is 9.53 Å². The number of nitrogens with one attached hydrogen (secondary N) is 2. The predicted molar refractivity (Wildman–Crippen MR) is 121 cm³/mol. The molecular formula is C26H27N3O2. The van der Waals surface area contributed by atoms with Crippen molar-refractivity contribution in [2.45, 2.75) is 30.6 Å². The van der Waals surface area contributed by atoms with Crippen molar-refractivity contribution in [1.82, 2.24) is 15.5 Å². The summed E-state index contributed by atoms with van der Waals surface area (Å²) in [6, 6.07) is 28.7. The molecule has 0 spiro atoms. The number of rotatable bonds is 5. The van der Waals surface area contributed by atoms with Gasteiger partial charge >= 0.3 is 6.03 Å². The van der Waals surface area contributed by atoms with E-state index >= 15 is 0 Å². The monoisotopic (exact) mass is 413 g/mol. The van der Waals surface area contributed by atoms with Crippen LogP contribution in [0.3, 0.4) is 0 Å². The Kier molecular flexibility index (Phi) is 5.35. The van der Waals surface area contributed by atoms with Crippen molar-refractivity contribution in [2.75, 3.05) is 13.7 Å². The first-order valence-electron chi connectivity index (χ1n) is 10.8. The Hall–Kier alpha value is -3.31. The molecule has 0 saturated carbocycles. The van der Waals surface area contributed by atoms with Crippen LogP contribution in [0.4, 0.5) is 4.79 Å². The number of nitrogens with zero attached hydrogens (tertiary/aromatic N) is 1. The average Bonchev–Trinajstić information content (AvgIpc) is 3.15. The number of hydrogen-bond acceptors (Lipinski definition) is 3. The van der Waals surface area contributed by atoms with E-state index in [4.69, 9.17) is 4.74 Å². The zero-order valence-electron chi connectivity index (χ0n) is 17.6. The van der Waals surface area contributed by atoms with Gasteiger partial charge in [0.2, 0.25) is 0 Å². The summed E-state index contributed by atoms with van der Waals surface area (Å²) in [6.45, 7) is 0.829. The lowest BCUT2D eigenvalue weighted by Gasteiger charge is -2.39. The number of piperidine rings is 1. The van der Waals surface area contributed by atoms with E-state index < -0.39 is 0 Å². The standard InChI is InChI=1S/C26H27N3O2/c1-31-22-14-12-18(13-15-22)21-16-23-25(27-17-21)29(26(30)28-23)24(19-8-4-2-5-9-19)20-10-6-3-7-11-20/h2-15,21,23-25,27H,16-17H2,1H3,(H,28,30). The number of ether oxygens (including phenoxy) is 1. The van der Waals surface area contributed by atoms with Gasteiger partial charge in [-0.2, -0.15) is 0 Å². The first kappa shape index (κ1) is 19.6. The van der Waals surface area contributed by atoms with Crippen molar-refractivity contribution in [3.63, 3.8) is 0 Å². The van der Waals surface area contributed by atoms with Crippen molar-refractivity contribution in [3.05, 3.63) is 102 Å². The molecule has 0 aromatic heterocycles. The summed E-state index contributed by atoms with van der Waals surface area (Å²) >= 11 is 0. The molecule has 2 aliphatic heterocycles. The Labute approximate surface area is 183 Å². The molecular weight excluding hydrogens is 386 g/mol. The zero-order valence-corrected chi connectivity index (χ0v) is 17.6. The smallest absolute Gasteiger partial charge is 0.319 e. The minimum absolute atomic E-state index is 0.0180. The second kappa shape index (κ2) is 8.44. The minimum Gasteiger partial charge on any atom is -0.497 e. The fraction of sp³-hybridized carbons (Fsp3) is 0.269. The second-order valence-electron chi connectivity index (χ2n) is 8.25. The van der Waals surface area contributed by atoms with E-state index in [1.807, 2.05) is 53.4 Å². The number of fused-ring (bicyclic) bond motifs is 1. The van der Waals surface area contributed by atoms with Gasteiger partial charge in [0.05, 0.1) is 19.2 Å². The molecule has 2 aliphatic rings. The second-order valence-corrected chi connectivity index (χ2v) is 8.25. The van der Waals surface area contributed by atoms with Crippen molar-refractivity contribution >= 4 is 6.03 Å². The van der Waals surface area contributed by atoms with Crippen LogP contribution in [0.15, 0.2) is 84.9 Å². The summed E-state index contributed by atoms with van der Waals surface area (Å²) in [7, 11) is 1.68.